The molecule has 0 aliphatic rings. The number of aliphatic hydroxyl groups is 1. The van der Waals surface area contributed by atoms with Crippen LogP contribution in [0, 0.1) is 6.92 Å². The molecule has 20 heavy (non-hydrogen) atoms. The Labute approximate surface area is 121 Å². The number of para-hydroxylation sites is 1. The molecule has 4 heteroatoms. The summed E-state index contributed by atoms with van der Waals surface area (Å²) >= 11 is 0. The average Bonchev–Trinajstić information content (AvgIpc) is 2.41. The molecule has 1 aromatic rings. The first-order valence-corrected chi connectivity index (χ1v) is 7.16. The highest BCUT2D eigenvalue weighted by molar-refractivity contribution is 5.81. The fraction of sp³-hybridized carbons (Fsp3) is 0.562. The lowest BCUT2D eigenvalue weighted by atomic mass is 10.1. The van der Waals surface area contributed by atoms with Gasteiger partial charge in [0.15, 0.2) is 6.10 Å². The molecular weight excluding hydrogens is 254 g/mol. The number of aliphatic hydroxyl groups excluding tert-OH is 1. The van der Waals surface area contributed by atoms with E-state index >= 15 is 0 Å². The van der Waals surface area contributed by atoms with Crippen LogP contribution in [0.15, 0.2) is 18.2 Å². The van der Waals surface area contributed by atoms with Gasteiger partial charge in [-0.05, 0) is 32.8 Å². The van der Waals surface area contributed by atoms with E-state index in [0.29, 0.717) is 11.3 Å². The molecule has 0 saturated carbocycles. The van der Waals surface area contributed by atoms with Crippen LogP contribution in [-0.4, -0.2) is 23.2 Å². The summed E-state index contributed by atoms with van der Waals surface area (Å²) in [4.78, 5) is 12.0. The number of ether oxygens (including phenoxy) is 1. The van der Waals surface area contributed by atoms with E-state index in [1.54, 1.807) is 13.0 Å². The maximum atomic E-state index is 12.0. The third-order valence-electron chi connectivity index (χ3n) is 3.24. The highest BCUT2D eigenvalue weighted by Gasteiger charge is 2.18. The molecule has 2 N–H and O–H groups in total. The molecule has 0 aliphatic heterocycles. The highest BCUT2D eigenvalue weighted by Crippen LogP contribution is 2.24. The normalized spacial score (nSPS) is 13.7. The summed E-state index contributed by atoms with van der Waals surface area (Å²) < 4.78 is 5.74. The van der Waals surface area contributed by atoms with Crippen LogP contribution in [0.2, 0.25) is 0 Å². The second-order valence-corrected chi connectivity index (χ2v) is 5.18. The Morgan fingerprint density at radius 2 is 2.10 bits per heavy atom. The molecule has 2 atom stereocenters. The summed E-state index contributed by atoms with van der Waals surface area (Å²) in [5, 5.41) is 12.3. The van der Waals surface area contributed by atoms with Crippen molar-refractivity contribution >= 4 is 5.91 Å². The number of aryl methyl sites for hydroxylation is 1. The van der Waals surface area contributed by atoms with Crippen LogP contribution in [0.3, 0.4) is 0 Å². The average molecular weight is 279 g/mol. The summed E-state index contributed by atoms with van der Waals surface area (Å²) in [6, 6.07) is 5.71. The molecule has 1 amide bonds. The number of rotatable bonds is 7. The summed E-state index contributed by atoms with van der Waals surface area (Å²) in [7, 11) is 0. The Balaban J connectivity index is 2.70. The number of amides is 1. The van der Waals surface area contributed by atoms with E-state index in [0.717, 1.165) is 18.4 Å². The Bertz CT molecular complexity index is 445. The first kappa shape index (κ1) is 16.5. The van der Waals surface area contributed by atoms with Crippen molar-refractivity contribution in [1.82, 2.24) is 5.32 Å². The van der Waals surface area contributed by atoms with Crippen molar-refractivity contribution in [3.63, 3.8) is 0 Å². The predicted octanol–water partition coefficient (Wildman–Crippen LogP) is 2.56. The van der Waals surface area contributed by atoms with Crippen LogP contribution in [0.25, 0.3) is 0 Å². The molecule has 1 aromatic carbocycles. The van der Waals surface area contributed by atoms with Crippen molar-refractivity contribution < 1.29 is 14.6 Å². The second kappa shape index (κ2) is 7.90. The van der Waals surface area contributed by atoms with Crippen molar-refractivity contribution in [3.05, 3.63) is 29.3 Å². The molecule has 0 bridgehead atoms. The van der Waals surface area contributed by atoms with Crippen LogP contribution < -0.4 is 10.1 Å². The number of hydrogen-bond donors (Lipinski definition) is 2. The second-order valence-electron chi connectivity index (χ2n) is 5.18. The molecule has 4 nitrogen and oxygen atoms in total. The maximum Gasteiger partial charge on any atom is 0.260 e. The number of carbonyl (C=O) groups is 1. The lowest BCUT2D eigenvalue weighted by Crippen LogP contribution is -2.41. The quantitative estimate of drug-likeness (QED) is 0.806. The lowest BCUT2D eigenvalue weighted by Gasteiger charge is -2.20. The summed E-state index contributed by atoms with van der Waals surface area (Å²) in [6.45, 7) is 7.60. The maximum absolute atomic E-state index is 12.0. The van der Waals surface area contributed by atoms with Gasteiger partial charge in [0.25, 0.3) is 5.91 Å². The number of carbonyl (C=O) groups excluding carboxylic acids is 1. The topological polar surface area (TPSA) is 58.6 Å². The van der Waals surface area contributed by atoms with Crippen molar-refractivity contribution in [1.29, 1.82) is 0 Å². The van der Waals surface area contributed by atoms with Crippen LogP contribution in [-0.2, 0) is 11.4 Å². The van der Waals surface area contributed by atoms with Gasteiger partial charge in [-0.25, -0.2) is 0 Å². The van der Waals surface area contributed by atoms with Crippen molar-refractivity contribution in [2.45, 2.75) is 59.3 Å². The van der Waals surface area contributed by atoms with E-state index in [9.17, 15) is 9.90 Å². The van der Waals surface area contributed by atoms with E-state index in [1.165, 1.54) is 0 Å². The molecule has 0 fully saturated rings. The molecule has 112 valence electrons. The van der Waals surface area contributed by atoms with E-state index in [4.69, 9.17) is 4.74 Å². The van der Waals surface area contributed by atoms with Crippen molar-refractivity contribution in [2.75, 3.05) is 0 Å². The van der Waals surface area contributed by atoms with Crippen LogP contribution in [0.1, 0.15) is 44.7 Å². The van der Waals surface area contributed by atoms with E-state index in [-0.39, 0.29) is 18.6 Å². The van der Waals surface area contributed by atoms with Crippen LogP contribution in [0.4, 0.5) is 0 Å². The Morgan fingerprint density at radius 1 is 1.40 bits per heavy atom. The van der Waals surface area contributed by atoms with Gasteiger partial charge < -0.3 is 15.2 Å². The van der Waals surface area contributed by atoms with Gasteiger partial charge in [0.2, 0.25) is 0 Å². The third-order valence-corrected chi connectivity index (χ3v) is 3.24. The number of nitrogens with one attached hydrogen (secondary N) is 1. The molecular formula is C16H25NO3. The number of hydrogen-bond acceptors (Lipinski definition) is 3. The van der Waals surface area contributed by atoms with Crippen molar-refractivity contribution in [2.24, 2.45) is 0 Å². The number of benzene rings is 1. The Hall–Kier alpha value is -1.55. The molecule has 0 spiro atoms. The zero-order chi connectivity index (χ0) is 15.1. The first-order chi connectivity index (χ1) is 9.49. The fourth-order valence-electron chi connectivity index (χ4n) is 2.10. The summed E-state index contributed by atoms with van der Waals surface area (Å²) in [5.41, 5.74) is 1.61. The van der Waals surface area contributed by atoms with Gasteiger partial charge in [-0.3, -0.25) is 4.79 Å². The standard InChI is InChI=1S/C16H25NO3/c1-5-7-12(3)17-16(19)13(4)20-15-11(2)8-6-9-14(15)10-18/h6,8-9,12-13,18H,5,7,10H2,1-4H3,(H,17,19). The molecule has 2 unspecified atom stereocenters. The van der Waals surface area contributed by atoms with Gasteiger partial charge in [-0.1, -0.05) is 31.5 Å². The summed E-state index contributed by atoms with van der Waals surface area (Å²) in [5.74, 6) is 0.471. The zero-order valence-corrected chi connectivity index (χ0v) is 12.8. The molecule has 0 radical (unpaired) electrons. The summed E-state index contributed by atoms with van der Waals surface area (Å²) in [6.07, 6.45) is 1.40. The fourth-order valence-corrected chi connectivity index (χ4v) is 2.10. The van der Waals surface area contributed by atoms with Gasteiger partial charge in [0, 0.05) is 11.6 Å². The third kappa shape index (κ3) is 4.53. The molecule has 0 heterocycles. The smallest absolute Gasteiger partial charge is 0.260 e. The minimum atomic E-state index is -0.583. The molecule has 1 rings (SSSR count). The predicted molar refractivity (Wildman–Crippen MR) is 79.7 cm³/mol. The van der Waals surface area contributed by atoms with Gasteiger partial charge >= 0.3 is 0 Å². The van der Waals surface area contributed by atoms with Gasteiger partial charge in [0.05, 0.1) is 6.61 Å². The van der Waals surface area contributed by atoms with Gasteiger partial charge in [-0.2, -0.15) is 0 Å². The molecule has 0 aliphatic carbocycles. The van der Waals surface area contributed by atoms with Crippen LogP contribution >= 0.6 is 0 Å². The minimum Gasteiger partial charge on any atom is -0.480 e. The lowest BCUT2D eigenvalue weighted by molar-refractivity contribution is -0.127. The first-order valence-electron chi connectivity index (χ1n) is 7.16. The SMILES string of the molecule is CCCC(C)NC(=O)C(C)Oc1c(C)cccc1CO. The Kier molecular flexibility index (Phi) is 6.52. The van der Waals surface area contributed by atoms with Crippen LogP contribution in [0.5, 0.6) is 5.75 Å². The largest absolute Gasteiger partial charge is 0.480 e. The molecule has 0 aromatic heterocycles. The molecule has 0 saturated heterocycles. The van der Waals surface area contributed by atoms with E-state index < -0.39 is 6.10 Å². The highest BCUT2D eigenvalue weighted by atomic mass is 16.5. The minimum absolute atomic E-state index is 0.0996. The Morgan fingerprint density at radius 3 is 2.70 bits per heavy atom. The van der Waals surface area contributed by atoms with E-state index in [1.807, 2.05) is 26.0 Å². The van der Waals surface area contributed by atoms with Gasteiger partial charge in [0.1, 0.15) is 5.75 Å². The van der Waals surface area contributed by atoms with Gasteiger partial charge in [-0.15, -0.1) is 0 Å². The van der Waals surface area contributed by atoms with E-state index in [2.05, 4.69) is 12.2 Å². The zero-order valence-electron chi connectivity index (χ0n) is 12.8. The van der Waals surface area contributed by atoms with Crippen molar-refractivity contribution in [3.8, 4) is 5.75 Å². The monoisotopic (exact) mass is 279 g/mol.